The zero-order chi connectivity index (χ0) is 25.0. The van der Waals surface area contributed by atoms with Crippen molar-refractivity contribution in [1.82, 2.24) is 9.80 Å². The molecule has 0 bridgehead atoms. The monoisotopic (exact) mass is 498 g/mol. The van der Waals surface area contributed by atoms with E-state index in [4.69, 9.17) is 9.47 Å². The molecule has 0 aromatic heterocycles. The maximum absolute atomic E-state index is 14.4. The van der Waals surface area contributed by atoms with Crippen molar-refractivity contribution >= 4 is 17.8 Å². The highest BCUT2D eigenvalue weighted by Crippen LogP contribution is 2.60. The van der Waals surface area contributed by atoms with E-state index < -0.39 is 11.6 Å². The second-order valence-corrected chi connectivity index (χ2v) is 11.5. The van der Waals surface area contributed by atoms with Gasteiger partial charge in [-0.1, -0.05) is 13.0 Å². The summed E-state index contributed by atoms with van der Waals surface area (Å²) in [6.07, 6.45) is 3.68. The highest BCUT2D eigenvalue weighted by atomic mass is 19.1. The highest BCUT2D eigenvalue weighted by Gasteiger charge is 2.58. The molecule has 2 aliphatic heterocycles. The summed E-state index contributed by atoms with van der Waals surface area (Å²) < 4.78 is 25.3. The average molecular weight is 499 g/mol. The predicted molar refractivity (Wildman–Crippen MR) is 129 cm³/mol. The molecule has 5 atom stereocenters. The zero-order valence-electron chi connectivity index (χ0n) is 20.9. The topological polar surface area (TPSA) is 76.2 Å². The van der Waals surface area contributed by atoms with Crippen LogP contribution in [0.2, 0.25) is 0 Å². The van der Waals surface area contributed by atoms with Crippen LogP contribution in [0.4, 0.5) is 9.18 Å². The molecule has 5 aliphatic rings. The minimum Gasteiger partial charge on any atom is -0.410 e. The van der Waals surface area contributed by atoms with Crippen molar-refractivity contribution < 1.29 is 28.2 Å². The summed E-state index contributed by atoms with van der Waals surface area (Å²) in [6.45, 7) is 4.46. The molecule has 0 radical (unpaired) electrons. The molecule has 2 saturated carbocycles. The number of alkyl halides is 1. The largest absolute Gasteiger partial charge is 0.415 e. The van der Waals surface area contributed by atoms with E-state index in [1.807, 2.05) is 24.0 Å². The number of rotatable bonds is 2. The summed E-state index contributed by atoms with van der Waals surface area (Å²) in [5.41, 5.74) is 1.98. The Morgan fingerprint density at radius 2 is 1.94 bits per heavy atom. The van der Waals surface area contributed by atoms with Gasteiger partial charge in [-0.15, -0.1) is 0 Å². The fourth-order valence-corrected chi connectivity index (χ4v) is 7.81. The molecule has 1 aromatic rings. The molecule has 0 N–H and O–H groups in total. The van der Waals surface area contributed by atoms with E-state index in [2.05, 4.69) is 6.07 Å². The van der Waals surface area contributed by atoms with Crippen LogP contribution in [0.15, 0.2) is 18.2 Å². The number of piperidine rings is 1. The molecule has 2 saturated heterocycles. The molecule has 7 nitrogen and oxygen atoms in total. The van der Waals surface area contributed by atoms with Crippen LogP contribution in [0, 0.1) is 17.3 Å². The number of carbonyl (C=O) groups excluding carboxylic acids is 3. The van der Waals surface area contributed by atoms with Gasteiger partial charge in [-0.05, 0) is 86.0 Å². The number of ether oxygens (including phenoxy) is 2. The van der Waals surface area contributed by atoms with Crippen molar-refractivity contribution in [2.45, 2.75) is 70.0 Å². The standard InChI is InChI=1S/C28H35FN2O5/c1-28-9-6-21-20-5-3-19(14-17(20)2-4-22(21)23(28)15-24(29)26(28)33)36-27(34)30-10-7-18(8-11-30)31-12-13-35-16-25(31)32/h3,5,14,18,21-24H,2,4,6-13,15-16H2,1H3. The van der Waals surface area contributed by atoms with Gasteiger partial charge in [0.05, 0.1) is 6.61 Å². The van der Waals surface area contributed by atoms with Crippen LogP contribution in [0.5, 0.6) is 5.75 Å². The number of carbonyl (C=O) groups is 3. The number of nitrogens with zero attached hydrogens (tertiary/aromatic N) is 2. The molecule has 2 amide bonds. The Morgan fingerprint density at radius 1 is 1.14 bits per heavy atom. The number of amides is 2. The summed E-state index contributed by atoms with van der Waals surface area (Å²) in [5, 5.41) is 0. The molecule has 0 spiro atoms. The lowest BCUT2D eigenvalue weighted by molar-refractivity contribution is -0.146. The van der Waals surface area contributed by atoms with Gasteiger partial charge in [0.2, 0.25) is 5.91 Å². The number of morpholine rings is 1. The average Bonchev–Trinajstić information content (AvgIpc) is 3.13. The Kier molecular flexibility index (Phi) is 6.05. The quantitative estimate of drug-likeness (QED) is 0.619. The molecule has 8 heteroatoms. The molecule has 2 heterocycles. The number of likely N-dealkylation sites (tertiary alicyclic amines) is 1. The first-order chi connectivity index (χ1) is 17.3. The van der Waals surface area contributed by atoms with Gasteiger partial charge in [0.1, 0.15) is 12.4 Å². The van der Waals surface area contributed by atoms with E-state index in [9.17, 15) is 18.8 Å². The lowest BCUT2D eigenvalue weighted by atomic mass is 9.55. The number of hydrogen-bond acceptors (Lipinski definition) is 5. The lowest BCUT2D eigenvalue weighted by Gasteiger charge is -2.48. The van der Waals surface area contributed by atoms with Gasteiger partial charge in [0, 0.05) is 31.1 Å². The van der Waals surface area contributed by atoms with E-state index >= 15 is 0 Å². The summed E-state index contributed by atoms with van der Waals surface area (Å²) in [4.78, 5) is 41.1. The second-order valence-electron chi connectivity index (χ2n) is 11.5. The van der Waals surface area contributed by atoms with Gasteiger partial charge in [-0.2, -0.15) is 0 Å². The van der Waals surface area contributed by atoms with Crippen molar-refractivity contribution in [3.05, 3.63) is 29.3 Å². The minimum atomic E-state index is -1.30. The molecule has 36 heavy (non-hydrogen) atoms. The summed E-state index contributed by atoms with van der Waals surface area (Å²) in [5.74, 6) is 1.22. The summed E-state index contributed by atoms with van der Waals surface area (Å²) >= 11 is 0. The number of hydrogen-bond donors (Lipinski definition) is 0. The Balaban J connectivity index is 1.09. The van der Waals surface area contributed by atoms with Gasteiger partial charge in [-0.3, -0.25) is 9.59 Å². The normalized spacial score (nSPS) is 34.7. The predicted octanol–water partition coefficient (Wildman–Crippen LogP) is 3.88. The summed E-state index contributed by atoms with van der Waals surface area (Å²) in [6, 6.07) is 6.11. The van der Waals surface area contributed by atoms with Crippen LogP contribution in [-0.2, 0) is 20.7 Å². The Labute approximate surface area is 211 Å². The lowest BCUT2D eigenvalue weighted by Crippen LogP contribution is -2.52. The number of ketones is 1. The molecular formula is C28H35FN2O5. The minimum absolute atomic E-state index is 0.0326. The third-order valence-electron chi connectivity index (χ3n) is 9.79. The molecule has 5 unspecified atom stereocenters. The fraction of sp³-hybridized carbons (Fsp3) is 0.679. The van der Waals surface area contributed by atoms with E-state index in [0.717, 1.165) is 38.5 Å². The summed E-state index contributed by atoms with van der Waals surface area (Å²) in [7, 11) is 0. The van der Waals surface area contributed by atoms with Crippen molar-refractivity contribution in [2.75, 3.05) is 32.8 Å². The van der Waals surface area contributed by atoms with Crippen LogP contribution in [0.1, 0.15) is 62.5 Å². The van der Waals surface area contributed by atoms with Gasteiger partial charge in [0.25, 0.3) is 0 Å². The van der Waals surface area contributed by atoms with Crippen LogP contribution in [0.3, 0.4) is 0 Å². The van der Waals surface area contributed by atoms with Crippen molar-refractivity contribution in [3.8, 4) is 5.75 Å². The highest BCUT2D eigenvalue weighted by molar-refractivity contribution is 5.91. The molecule has 6 rings (SSSR count). The van der Waals surface area contributed by atoms with E-state index in [-0.39, 0.29) is 36.4 Å². The van der Waals surface area contributed by atoms with E-state index in [1.54, 1.807) is 4.90 Å². The first-order valence-electron chi connectivity index (χ1n) is 13.5. The van der Waals surface area contributed by atoms with E-state index in [1.165, 1.54) is 11.1 Å². The first-order valence-corrected chi connectivity index (χ1v) is 13.5. The fourth-order valence-electron chi connectivity index (χ4n) is 7.81. The van der Waals surface area contributed by atoms with Gasteiger partial charge < -0.3 is 19.3 Å². The molecular weight excluding hydrogens is 463 g/mol. The SMILES string of the molecule is CC12CCC3c4ccc(OC(=O)N5CCC(N6CCOCC6=O)CC5)cc4CCC3C1CC(F)C2=O. The van der Waals surface area contributed by atoms with Crippen LogP contribution in [-0.4, -0.2) is 72.6 Å². The van der Waals surface area contributed by atoms with Crippen molar-refractivity contribution in [2.24, 2.45) is 17.3 Å². The van der Waals surface area contributed by atoms with Gasteiger partial charge in [0.15, 0.2) is 12.0 Å². The maximum atomic E-state index is 14.4. The molecule has 1 aromatic carbocycles. The third-order valence-corrected chi connectivity index (χ3v) is 9.79. The maximum Gasteiger partial charge on any atom is 0.415 e. The Morgan fingerprint density at radius 3 is 2.72 bits per heavy atom. The van der Waals surface area contributed by atoms with Crippen LogP contribution < -0.4 is 4.74 Å². The number of benzene rings is 1. The second kappa shape index (κ2) is 9.12. The van der Waals surface area contributed by atoms with Gasteiger partial charge in [-0.25, -0.2) is 9.18 Å². The Bertz CT molecular complexity index is 1070. The number of Topliss-reactive ketones (excluding diaryl/α,β-unsaturated/α-hetero) is 1. The van der Waals surface area contributed by atoms with Crippen molar-refractivity contribution in [1.29, 1.82) is 0 Å². The van der Waals surface area contributed by atoms with Crippen LogP contribution in [0.25, 0.3) is 0 Å². The Hall–Kier alpha value is -2.48. The van der Waals surface area contributed by atoms with Gasteiger partial charge >= 0.3 is 6.09 Å². The zero-order valence-corrected chi connectivity index (χ0v) is 20.9. The van der Waals surface area contributed by atoms with Crippen molar-refractivity contribution in [3.63, 3.8) is 0 Å². The number of halogens is 1. The molecule has 4 fully saturated rings. The molecule has 194 valence electrons. The smallest absolute Gasteiger partial charge is 0.410 e. The number of aryl methyl sites for hydroxylation is 1. The van der Waals surface area contributed by atoms with Crippen LogP contribution >= 0.6 is 0 Å². The third kappa shape index (κ3) is 3.92. The number of fused-ring (bicyclic) bond motifs is 5. The van der Waals surface area contributed by atoms with E-state index in [0.29, 0.717) is 50.2 Å². The molecule has 3 aliphatic carbocycles. The first kappa shape index (κ1) is 23.9.